The Morgan fingerprint density at radius 1 is 1.21 bits per heavy atom. The number of thiazole rings is 1. The molecule has 1 saturated heterocycles. The molecule has 0 saturated carbocycles. The van der Waals surface area contributed by atoms with E-state index in [1.807, 2.05) is 56.9 Å². The minimum absolute atomic E-state index is 0.236. The third-order valence-corrected chi connectivity index (χ3v) is 7.11. The van der Waals surface area contributed by atoms with Gasteiger partial charge in [0, 0.05) is 61.2 Å². The van der Waals surface area contributed by atoms with E-state index in [1.54, 1.807) is 16.5 Å². The molecule has 0 atom stereocenters. The highest BCUT2D eigenvalue weighted by Crippen LogP contribution is 2.36. The lowest BCUT2D eigenvalue weighted by atomic mass is 9.94. The Labute approximate surface area is 195 Å². The number of fused-ring (bicyclic) bond motifs is 2. The van der Waals surface area contributed by atoms with Gasteiger partial charge in [-0.1, -0.05) is 11.3 Å². The number of halogens is 1. The lowest BCUT2D eigenvalue weighted by molar-refractivity contribution is 0.0204. The number of hydrogen-bond acceptors (Lipinski definition) is 5. The van der Waals surface area contributed by atoms with Crippen LogP contribution in [0.25, 0.3) is 26.3 Å². The molecule has 4 heterocycles. The van der Waals surface area contributed by atoms with Crippen LogP contribution in [0, 0.1) is 12.7 Å². The smallest absolute Gasteiger partial charge is 0.410 e. The van der Waals surface area contributed by atoms with E-state index in [0.717, 1.165) is 33.8 Å². The molecule has 7 nitrogen and oxygen atoms in total. The molecule has 4 aromatic rings. The molecule has 1 amide bonds. The zero-order valence-corrected chi connectivity index (χ0v) is 20.4. The van der Waals surface area contributed by atoms with Gasteiger partial charge in [-0.2, -0.15) is 5.10 Å². The molecular formula is C24H28FN5O2S. The number of benzene rings is 1. The molecule has 174 valence electrons. The van der Waals surface area contributed by atoms with Gasteiger partial charge in [-0.3, -0.25) is 9.08 Å². The molecule has 3 aromatic heterocycles. The number of aromatic nitrogens is 4. The second-order valence-corrected chi connectivity index (χ2v) is 10.8. The van der Waals surface area contributed by atoms with Crippen molar-refractivity contribution in [2.24, 2.45) is 7.05 Å². The molecule has 0 N–H and O–H groups in total. The van der Waals surface area contributed by atoms with E-state index in [0.29, 0.717) is 35.7 Å². The third-order valence-electron chi connectivity index (χ3n) is 6.08. The Morgan fingerprint density at radius 2 is 1.94 bits per heavy atom. The van der Waals surface area contributed by atoms with Crippen LogP contribution in [0.15, 0.2) is 24.7 Å². The zero-order chi connectivity index (χ0) is 23.5. The van der Waals surface area contributed by atoms with Gasteiger partial charge in [0.15, 0.2) is 4.96 Å². The summed E-state index contributed by atoms with van der Waals surface area (Å²) < 4.78 is 24.3. The number of carbonyl (C=O) groups excluding carboxylic acids is 1. The Kier molecular flexibility index (Phi) is 5.19. The van der Waals surface area contributed by atoms with Crippen LogP contribution in [0.1, 0.15) is 50.8 Å². The molecule has 1 aromatic carbocycles. The largest absolute Gasteiger partial charge is 0.444 e. The fraction of sp³-hybridized carbons (Fsp3) is 0.458. The Bertz CT molecular complexity index is 1320. The average molecular weight is 470 g/mol. The van der Waals surface area contributed by atoms with Crippen molar-refractivity contribution in [3.8, 4) is 10.4 Å². The summed E-state index contributed by atoms with van der Waals surface area (Å²) in [4.78, 5) is 20.6. The van der Waals surface area contributed by atoms with Gasteiger partial charge in [0.25, 0.3) is 0 Å². The van der Waals surface area contributed by atoms with Crippen molar-refractivity contribution >= 4 is 33.3 Å². The van der Waals surface area contributed by atoms with Crippen molar-refractivity contribution < 1.29 is 13.9 Å². The molecule has 1 aliphatic heterocycles. The number of ether oxygens (including phenoxy) is 1. The molecular weight excluding hydrogens is 441 g/mol. The van der Waals surface area contributed by atoms with Crippen molar-refractivity contribution in [2.45, 2.75) is 52.1 Å². The maximum atomic E-state index is 15.1. The normalized spacial score (nSPS) is 15.6. The molecule has 0 radical (unpaired) electrons. The number of hydrogen-bond donors (Lipinski definition) is 0. The molecule has 9 heteroatoms. The first-order chi connectivity index (χ1) is 15.6. The average Bonchev–Trinajstić information content (AvgIpc) is 3.42. The van der Waals surface area contributed by atoms with Crippen molar-refractivity contribution in [2.75, 3.05) is 13.1 Å². The van der Waals surface area contributed by atoms with Crippen LogP contribution in [0.3, 0.4) is 0 Å². The lowest BCUT2D eigenvalue weighted by Gasteiger charge is -2.32. The van der Waals surface area contributed by atoms with E-state index in [1.165, 1.54) is 11.3 Å². The minimum Gasteiger partial charge on any atom is -0.444 e. The summed E-state index contributed by atoms with van der Waals surface area (Å²) in [5, 5.41) is 5.29. The van der Waals surface area contributed by atoms with E-state index in [4.69, 9.17) is 9.72 Å². The van der Waals surface area contributed by atoms with Crippen LogP contribution in [0.2, 0.25) is 0 Å². The lowest BCUT2D eigenvalue weighted by Crippen LogP contribution is -2.41. The third kappa shape index (κ3) is 4.10. The molecule has 0 aliphatic carbocycles. The van der Waals surface area contributed by atoms with Crippen LogP contribution in [0.4, 0.5) is 9.18 Å². The molecule has 33 heavy (non-hydrogen) atoms. The first kappa shape index (κ1) is 21.9. The Morgan fingerprint density at radius 3 is 2.61 bits per heavy atom. The SMILES string of the molecule is Cc1c(F)c(-c2cn3cc(C4CCN(C(=O)OC(C)(C)C)CC4)nc3s2)cc2cn(C)nc12. The summed E-state index contributed by atoms with van der Waals surface area (Å²) in [6.45, 7) is 8.73. The number of amides is 1. The van der Waals surface area contributed by atoms with Gasteiger partial charge < -0.3 is 9.64 Å². The fourth-order valence-corrected chi connectivity index (χ4v) is 5.41. The number of aryl methyl sites for hydroxylation is 2. The molecule has 1 fully saturated rings. The van der Waals surface area contributed by atoms with Gasteiger partial charge in [-0.15, -0.1) is 0 Å². The van der Waals surface area contributed by atoms with Gasteiger partial charge in [0.05, 0.1) is 16.1 Å². The predicted molar refractivity (Wildman–Crippen MR) is 127 cm³/mol. The number of imidazole rings is 1. The summed E-state index contributed by atoms with van der Waals surface area (Å²) >= 11 is 1.49. The number of rotatable bonds is 2. The number of nitrogens with zero attached hydrogens (tertiary/aromatic N) is 5. The van der Waals surface area contributed by atoms with Crippen molar-refractivity contribution in [1.29, 1.82) is 0 Å². The standard InChI is InChI=1S/C24H28FN5O2S/c1-14-20(25)17(10-16-11-28(5)27-21(14)16)19-13-30-12-18(26-22(30)33-19)15-6-8-29(9-7-15)23(31)32-24(2,3)4/h10-13,15H,6-9H2,1-5H3. The molecule has 0 unspecified atom stereocenters. The predicted octanol–water partition coefficient (Wildman–Crippen LogP) is 5.51. The first-order valence-corrected chi connectivity index (χ1v) is 12.0. The topological polar surface area (TPSA) is 64.7 Å². The molecule has 0 bridgehead atoms. The summed E-state index contributed by atoms with van der Waals surface area (Å²) in [5.74, 6) is 0.0606. The van der Waals surface area contributed by atoms with Crippen molar-refractivity contribution in [3.63, 3.8) is 0 Å². The summed E-state index contributed by atoms with van der Waals surface area (Å²) in [7, 11) is 1.84. The second kappa shape index (κ2) is 7.83. The number of likely N-dealkylation sites (tertiary alicyclic amines) is 1. The van der Waals surface area contributed by atoms with Crippen molar-refractivity contribution in [3.05, 3.63) is 41.7 Å². The van der Waals surface area contributed by atoms with Crippen LogP contribution in [-0.2, 0) is 11.8 Å². The number of piperidine rings is 1. The van der Waals surface area contributed by atoms with E-state index >= 15 is 4.39 Å². The Hall–Kier alpha value is -2.94. The highest BCUT2D eigenvalue weighted by Gasteiger charge is 2.29. The number of carbonyl (C=O) groups is 1. The van der Waals surface area contributed by atoms with Gasteiger partial charge in [0.2, 0.25) is 0 Å². The molecule has 5 rings (SSSR count). The second-order valence-electron chi connectivity index (χ2n) is 9.80. The van der Waals surface area contributed by atoms with E-state index in [9.17, 15) is 4.79 Å². The van der Waals surface area contributed by atoms with Gasteiger partial charge in [0.1, 0.15) is 11.4 Å². The first-order valence-electron chi connectivity index (χ1n) is 11.2. The van der Waals surface area contributed by atoms with Gasteiger partial charge in [-0.25, -0.2) is 14.2 Å². The van der Waals surface area contributed by atoms with Crippen LogP contribution in [-0.4, -0.2) is 48.8 Å². The van der Waals surface area contributed by atoms with Gasteiger partial charge in [-0.05, 0) is 46.6 Å². The van der Waals surface area contributed by atoms with Crippen LogP contribution >= 0.6 is 11.3 Å². The fourth-order valence-electron chi connectivity index (χ4n) is 4.43. The van der Waals surface area contributed by atoms with E-state index in [-0.39, 0.29) is 11.9 Å². The summed E-state index contributed by atoms with van der Waals surface area (Å²) in [6.07, 6.45) is 7.35. The van der Waals surface area contributed by atoms with Crippen LogP contribution < -0.4 is 0 Å². The monoisotopic (exact) mass is 469 g/mol. The maximum Gasteiger partial charge on any atom is 0.410 e. The van der Waals surface area contributed by atoms with Crippen molar-refractivity contribution in [1.82, 2.24) is 24.1 Å². The minimum atomic E-state index is -0.487. The van der Waals surface area contributed by atoms with E-state index in [2.05, 4.69) is 5.10 Å². The van der Waals surface area contributed by atoms with Crippen LogP contribution in [0.5, 0.6) is 0 Å². The van der Waals surface area contributed by atoms with E-state index < -0.39 is 5.60 Å². The van der Waals surface area contributed by atoms with Gasteiger partial charge >= 0.3 is 6.09 Å². The summed E-state index contributed by atoms with van der Waals surface area (Å²) in [6, 6.07) is 1.86. The summed E-state index contributed by atoms with van der Waals surface area (Å²) in [5.41, 5.74) is 2.37. The quantitative estimate of drug-likeness (QED) is 0.388. The molecule has 1 aliphatic rings. The zero-order valence-electron chi connectivity index (χ0n) is 19.6. The Balaban J connectivity index is 1.34. The highest BCUT2D eigenvalue weighted by molar-refractivity contribution is 7.20. The highest BCUT2D eigenvalue weighted by atomic mass is 32.1. The maximum absolute atomic E-state index is 15.1. The molecule has 0 spiro atoms.